The van der Waals surface area contributed by atoms with Crippen LogP contribution in [-0.2, 0) is 6.42 Å². The van der Waals surface area contributed by atoms with Crippen molar-refractivity contribution in [2.75, 3.05) is 12.8 Å². The number of ether oxygens (including phenoxy) is 1. The highest BCUT2D eigenvalue weighted by Gasteiger charge is 2.20. The summed E-state index contributed by atoms with van der Waals surface area (Å²) < 4.78 is 10.4. The minimum Gasteiger partial charge on any atom is -0.497 e. The Kier molecular flexibility index (Phi) is 3.66. The molecule has 0 radical (unpaired) electrons. The fraction of sp³-hybridized carbons (Fsp3) is 0.188. The highest BCUT2D eigenvalue weighted by molar-refractivity contribution is 7.13. The van der Waals surface area contributed by atoms with Gasteiger partial charge in [-0.3, -0.25) is 0 Å². The van der Waals surface area contributed by atoms with E-state index in [0.717, 1.165) is 33.9 Å². The molecule has 2 heterocycles. The van der Waals surface area contributed by atoms with Crippen LogP contribution < -0.4 is 10.5 Å². The van der Waals surface area contributed by atoms with Crippen LogP contribution in [0.2, 0.25) is 0 Å². The molecule has 2 N–H and O–H groups in total. The van der Waals surface area contributed by atoms with Crippen molar-refractivity contribution in [1.82, 2.24) is 5.16 Å². The van der Waals surface area contributed by atoms with E-state index in [1.807, 2.05) is 24.3 Å². The third-order valence-corrected chi connectivity index (χ3v) is 4.40. The zero-order valence-corrected chi connectivity index (χ0v) is 12.7. The molecule has 0 fully saturated rings. The largest absolute Gasteiger partial charge is 0.497 e. The van der Waals surface area contributed by atoms with Gasteiger partial charge in [-0.2, -0.15) is 0 Å². The maximum Gasteiger partial charge on any atom is 0.230 e. The van der Waals surface area contributed by atoms with Crippen LogP contribution in [0.5, 0.6) is 5.75 Å². The summed E-state index contributed by atoms with van der Waals surface area (Å²) in [5.74, 6) is 1.14. The van der Waals surface area contributed by atoms with E-state index in [0.29, 0.717) is 5.88 Å². The van der Waals surface area contributed by atoms with Crippen LogP contribution in [0.1, 0.15) is 12.5 Å². The number of aromatic nitrogens is 1. The molecule has 2 aromatic heterocycles. The molecular weight excluding hydrogens is 284 g/mol. The van der Waals surface area contributed by atoms with Gasteiger partial charge in [-0.05, 0) is 41.1 Å². The van der Waals surface area contributed by atoms with Gasteiger partial charge in [-0.15, -0.1) is 11.3 Å². The molecule has 0 saturated carbocycles. The summed E-state index contributed by atoms with van der Waals surface area (Å²) in [5.41, 5.74) is 9.86. The Morgan fingerprint density at radius 1 is 1.24 bits per heavy atom. The molecule has 0 saturated heterocycles. The van der Waals surface area contributed by atoms with Crippen LogP contribution in [0.3, 0.4) is 0 Å². The Morgan fingerprint density at radius 2 is 2.00 bits per heavy atom. The number of nitrogen functional groups attached to an aromatic ring is 1. The summed E-state index contributed by atoms with van der Waals surface area (Å²) in [6.45, 7) is 2.13. The number of nitrogens with zero attached hydrogens (tertiary/aromatic N) is 1. The summed E-state index contributed by atoms with van der Waals surface area (Å²) >= 11 is 1.65. The Hall–Kier alpha value is -2.27. The van der Waals surface area contributed by atoms with E-state index < -0.39 is 0 Å². The number of hydrogen-bond donors (Lipinski definition) is 1. The van der Waals surface area contributed by atoms with Crippen LogP contribution >= 0.6 is 11.3 Å². The molecule has 3 aromatic rings. The van der Waals surface area contributed by atoms with Gasteiger partial charge in [0.1, 0.15) is 11.4 Å². The van der Waals surface area contributed by atoms with Crippen molar-refractivity contribution in [2.24, 2.45) is 0 Å². The summed E-state index contributed by atoms with van der Waals surface area (Å²) in [4.78, 5) is 1.11. The lowest BCUT2D eigenvalue weighted by Gasteiger charge is -2.04. The van der Waals surface area contributed by atoms with Crippen molar-refractivity contribution in [1.29, 1.82) is 0 Å². The maximum absolute atomic E-state index is 5.99. The third kappa shape index (κ3) is 2.40. The first-order valence-corrected chi connectivity index (χ1v) is 7.58. The number of nitrogens with two attached hydrogens (primary N) is 1. The van der Waals surface area contributed by atoms with Crippen LogP contribution in [0.4, 0.5) is 5.88 Å². The second-order valence-corrected chi connectivity index (χ2v) is 5.54. The van der Waals surface area contributed by atoms with Crippen LogP contribution in [-0.4, -0.2) is 12.3 Å². The number of anilines is 1. The van der Waals surface area contributed by atoms with Crippen molar-refractivity contribution in [3.05, 3.63) is 41.3 Å². The molecule has 1 aromatic carbocycles. The molecule has 0 amide bonds. The number of aryl methyl sites for hydroxylation is 1. The lowest BCUT2D eigenvalue weighted by Crippen LogP contribution is -1.89. The Morgan fingerprint density at radius 3 is 2.67 bits per heavy atom. The molecule has 21 heavy (non-hydrogen) atoms. The number of methoxy groups -OCH3 is 1. The molecular formula is C16H16N2O2S. The minimum atomic E-state index is 0.339. The predicted molar refractivity (Wildman–Crippen MR) is 85.6 cm³/mol. The number of benzene rings is 1. The molecule has 0 spiro atoms. The Balaban J connectivity index is 2.12. The molecule has 0 unspecified atom stereocenters. The lowest BCUT2D eigenvalue weighted by molar-refractivity contribution is 0.415. The first-order chi connectivity index (χ1) is 10.2. The average Bonchev–Trinajstić information content (AvgIpc) is 3.13. The van der Waals surface area contributed by atoms with E-state index in [2.05, 4.69) is 23.5 Å². The minimum absolute atomic E-state index is 0.339. The van der Waals surface area contributed by atoms with E-state index in [1.165, 1.54) is 5.56 Å². The molecule has 0 bridgehead atoms. The fourth-order valence-electron chi connectivity index (χ4n) is 2.32. The van der Waals surface area contributed by atoms with E-state index in [4.69, 9.17) is 15.0 Å². The topological polar surface area (TPSA) is 61.3 Å². The molecule has 108 valence electrons. The second kappa shape index (κ2) is 5.61. The Labute approximate surface area is 127 Å². The van der Waals surface area contributed by atoms with Crippen LogP contribution in [0.25, 0.3) is 21.7 Å². The molecule has 4 nitrogen and oxygen atoms in total. The summed E-state index contributed by atoms with van der Waals surface area (Å²) in [5, 5.41) is 6.23. The van der Waals surface area contributed by atoms with Crippen molar-refractivity contribution < 1.29 is 9.26 Å². The summed E-state index contributed by atoms with van der Waals surface area (Å²) in [6.07, 6.45) is 0.952. The number of hydrogen-bond acceptors (Lipinski definition) is 5. The SMILES string of the molecule is CCc1ccsc1-c1noc(N)c1-c1ccc(OC)cc1. The monoisotopic (exact) mass is 300 g/mol. The summed E-state index contributed by atoms with van der Waals surface area (Å²) in [7, 11) is 1.65. The van der Waals surface area contributed by atoms with Gasteiger partial charge in [0.2, 0.25) is 5.88 Å². The van der Waals surface area contributed by atoms with E-state index in [9.17, 15) is 0 Å². The van der Waals surface area contributed by atoms with Crippen LogP contribution in [0, 0.1) is 0 Å². The van der Waals surface area contributed by atoms with Crippen molar-refractivity contribution in [2.45, 2.75) is 13.3 Å². The van der Waals surface area contributed by atoms with Gasteiger partial charge in [-0.25, -0.2) is 0 Å². The second-order valence-electron chi connectivity index (χ2n) is 4.63. The standard InChI is InChI=1S/C16H16N2O2S/c1-3-10-8-9-21-15(10)14-13(16(17)20-18-14)11-4-6-12(19-2)7-5-11/h4-9H,3,17H2,1-2H3. The first kappa shape index (κ1) is 13.7. The van der Waals surface area contributed by atoms with E-state index >= 15 is 0 Å². The molecule has 0 aliphatic carbocycles. The predicted octanol–water partition coefficient (Wildman–Crippen LogP) is 4.22. The quantitative estimate of drug-likeness (QED) is 0.783. The zero-order chi connectivity index (χ0) is 14.8. The van der Waals surface area contributed by atoms with Gasteiger partial charge in [0.05, 0.1) is 17.6 Å². The first-order valence-electron chi connectivity index (χ1n) is 6.71. The zero-order valence-electron chi connectivity index (χ0n) is 11.9. The molecule has 0 aliphatic heterocycles. The van der Waals surface area contributed by atoms with Gasteiger partial charge in [0.25, 0.3) is 0 Å². The normalized spacial score (nSPS) is 10.8. The van der Waals surface area contributed by atoms with Gasteiger partial charge in [0, 0.05) is 0 Å². The van der Waals surface area contributed by atoms with Gasteiger partial charge in [0.15, 0.2) is 0 Å². The molecule has 0 atom stereocenters. The van der Waals surface area contributed by atoms with Crippen molar-refractivity contribution in [3.8, 4) is 27.4 Å². The molecule has 5 heteroatoms. The number of thiophene rings is 1. The van der Waals surface area contributed by atoms with Crippen molar-refractivity contribution in [3.63, 3.8) is 0 Å². The number of rotatable bonds is 4. The molecule has 0 aliphatic rings. The van der Waals surface area contributed by atoms with Gasteiger partial charge >= 0.3 is 0 Å². The average molecular weight is 300 g/mol. The highest BCUT2D eigenvalue weighted by Crippen LogP contribution is 2.40. The van der Waals surface area contributed by atoms with Gasteiger partial charge in [-0.1, -0.05) is 24.2 Å². The van der Waals surface area contributed by atoms with Crippen molar-refractivity contribution >= 4 is 17.2 Å². The third-order valence-electron chi connectivity index (χ3n) is 3.44. The van der Waals surface area contributed by atoms with Crippen LogP contribution in [0.15, 0.2) is 40.2 Å². The lowest BCUT2D eigenvalue weighted by atomic mass is 10.0. The smallest absolute Gasteiger partial charge is 0.230 e. The maximum atomic E-state index is 5.99. The van der Waals surface area contributed by atoms with E-state index in [1.54, 1.807) is 18.4 Å². The Bertz CT molecular complexity index is 744. The fourth-order valence-corrected chi connectivity index (χ4v) is 3.30. The molecule has 3 rings (SSSR count). The highest BCUT2D eigenvalue weighted by atomic mass is 32.1. The summed E-state index contributed by atoms with van der Waals surface area (Å²) in [6, 6.07) is 9.85. The van der Waals surface area contributed by atoms with E-state index in [-0.39, 0.29) is 0 Å². The van der Waals surface area contributed by atoms with Gasteiger partial charge < -0.3 is 15.0 Å².